The van der Waals surface area contributed by atoms with E-state index in [1.807, 2.05) is 26.0 Å². The second-order valence-corrected chi connectivity index (χ2v) is 5.26. The molecule has 120 valence electrons. The summed E-state index contributed by atoms with van der Waals surface area (Å²) in [5.74, 6) is 0.607. The van der Waals surface area contributed by atoms with Gasteiger partial charge in [-0.15, -0.1) is 0 Å². The molecule has 0 heterocycles. The lowest BCUT2D eigenvalue weighted by Gasteiger charge is -2.10. The molecule has 4 nitrogen and oxygen atoms in total. The highest BCUT2D eigenvalue weighted by atomic mass is 16.5. The first-order valence-electron chi connectivity index (χ1n) is 7.38. The van der Waals surface area contributed by atoms with Gasteiger partial charge in [-0.1, -0.05) is 18.2 Å². The fraction of sp³-hybridized carbons (Fsp3) is 0.211. The standard InChI is InChI=1S/C19H20O4/c1-14-11-15(2)13-18(12-14)23-10-9-22-17-6-3-16(4-7-17)5-8-19(20)21/h3-8,11-13H,9-10H2,1-2H3,(H,20,21). The van der Waals surface area contributed by atoms with Crippen LogP contribution in [0.3, 0.4) is 0 Å². The zero-order valence-corrected chi connectivity index (χ0v) is 13.3. The summed E-state index contributed by atoms with van der Waals surface area (Å²) in [4.78, 5) is 10.4. The number of benzene rings is 2. The summed E-state index contributed by atoms with van der Waals surface area (Å²) in [5.41, 5.74) is 3.16. The average molecular weight is 312 g/mol. The van der Waals surface area contributed by atoms with Gasteiger partial charge in [-0.2, -0.15) is 0 Å². The second kappa shape index (κ2) is 8.03. The minimum atomic E-state index is -0.964. The van der Waals surface area contributed by atoms with Crippen LogP contribution in [0.2, 0.25) is 0 Å². The van der Waals surface area contributed by atoms with Gasteiger partial charge in [0.25, 0.3) is 0 Å². The highest BCUT2D eigenvalue weighted by Crippen LogP contribution is 2.16. The lowest BCUT2D eigenvalue weighted by atomic mass is 10.1. The van der Waals surface area contributed by atoms with E-state index in [1.165, 1.54) is 17.2 Å². The van der Waals surface area contributed by atoms with Crippen LogP contribution in [0, 0.1) is 13.8 Å². The summed E-state index contributed by atoms with van der Waals surface area (Å²) in [6.07, 6.45) is 2.64. The van der Waals surface area contributed by atoms with Crippen LogP contribution in [0.1, 0.15) is 16.7 Å². The molecule has 0 bridgehead atoms. The molecule has 23 heavy (non-hydrogen) atoms. The number of ether oxygens (including phenoxy) is 2. The molecule has 2 rings (SSSR count). The molecule has 0 spiro atoms. The summed E-state index contributed by atoms with van der Waals surface area (Å²) in [6, 6.07) is 13.3. The highest BCUT2D eigenvalue weighted by Gasteiger charge is 1.98. The molecular formula is C19H20O4. The zero-order chi connectivity index (χ0) is 16.7. The van der Waals surface area contributed by atoms with Crippen molar-refractivity contribution in [3.8, 4) is 11.5 Å². The minimum absolute atomic E-state index is 0.442. The number of rotatable bonds is 7. The fourth-order valence-electron chi connectivity index (χ4n) is 2.18. The SMILES string of the molecule is Cc1cc(C)cc(OCCOc2ccc(C=CC(=O)O)cc2)c1. The number of aryl methyl sites for hydroxylation is 2. The normalized spacial score (nSPS) is 10.7. The highest BCUT2D eigenvalue weighted by molar-refractivity contribution is 5.85. The van der Waals surface area contributed by atoms with Gasteiger partial charge in [0, 0.05) is 6.08 Å². The van der Waals surface area contributed by atoms with E-state index in [-0.39, 0.29) is 0 Å². The first kappa shape index (κ1) is 16.6. The van der Waals surface area contributed by atoms with Crippen molar-refractivity contribution in [1.82, 2.24) is 0 Å². The van der Waals surface area contributed by atoms with Gasteiger partial charge in [0.1, 0.15) is 24.7 Å². The third-order valence-electron chi connectivity index (χ3n) is 3.11. The summed E-state index contributed by atoms with van der Waals surface area (Å²) >= 11 is 0. The molecule has 0 aliphatic rings. The predicted octanol–water partition coefficient (Wildman–Crippen LogP) is 3.86. The van der Waals surface area contributed by atoms with E-state index in [9.17, 15) is 4.79 Å². The Bertz CT molecular complexity index is 667. The third kappa shape index (κ3) is 5.87. The molecule has 0 saturated carbocycles. The van der Waals surface area contributed by atoms with Crippen LogP contribution in [0.25, 0.3) is 6.08 Å². The van der Waals surface area contributed by atoms with Crippen molar-refractivity contribution in [3.63, 3.8) is 0 Å². The van der Waals surface area contributed by atoms with Gasteiger partial charge in [0.05, 0.1) is 0 Å². The van der Waals surface area contributed by atoms with Crippen molar-refractivity contribution in [1.29, 1.82) is 0 Å². The maximum atomic E-state index is 10.4. The quantitative estimate of drug-likeness (QED) is 0.623. The van der Waals surface area contributed by atoms with Gasteiger partial charge < -0.3 is 14.6 Å². The van der Waals surface area contributed by atoms with E-state index in [2.05, 4.69) is 6.07 Å². The van der Waals surface area contributed by atoms with Gasteiger partial charge in [-0.3, -0.25) is 0 Å². The second-order valence-electron chi connectivity index (χ2n) is 5.26. The summed E-state index contributed by atoms with van der Waals surface area (Å²) in [5, 5.41) is 8.58. The number of hydrogen-bond donors (Lipinski definition) is 1. The third-order valence-corrected chi connectivity index (χ3v) is 3.11. The van der Waals surface area contributed by atoms with E-state index >= 15 is 0 Å². The molecule has 1 N–H and O–H groups in total. The summed E-state index contributed by atoms with van der Waals surface area (Å²) in [6.45, 7) is 4.98. The molecule has 2 aromatic rings. The Hall–Kier alpha value is -2.75. The van der Waals surface area contributed by atoms with Gasteiger partial charge in [-0.25, -0.2) is 4.79 Å². The van der Waals surface area contributed by atoms with Crippen LogP contribution < -0.4 is 9.47 Å². The van der Waals surface area contributed by atoms with E-state index in [4.69, 9.17) is 14.6 Å². The van der Waals surface area contributed by atoms with Crippen LogP contribution >= 0.6 is 0 Å². The molecule has 4 heteroatoms. The first-order chi connectivity index (χ1) is 11.0. The number of carbonyl (C=O) groups is 1. The Labute approximate surface area is 136 Å². The number of aliphatic carboxylic acids is 1. The Morgan fingerprint density at radius 1 is 0.957 bits per heavy atom. The van der Waals surface area contributed by atoms with E-state index in [1.54, 1.807) is 24.3 Å². The van der Waals surface area contributed by atoms with Crippen molar-refractivity contribution >= 4 is 12.0 Å². The molecular weight excluding hydrogens is 292 g/mol. The Morgan fingerprint density at radius 2 is 1.52 bits per heavy atom. The Kier molecular flexibility index (Phi) is 5.80. The molecule has 0 atom stereocenters. The molecule has 0 radical (unpaired) electrons. The predicted molar refractivity (Wildman–Crippen MR) is 90.0 cm³/mol. The lowest BCUT2D eigenvalue weighted by Crippen LogP contribution is -2.09. The average Bonchev–Trinajstić information content (AvgIpc) is 2.50. The molecule has 0 unspecified atom stereocenters. The minimum Gasteiger partial charge on any atom is -0.490 e. The molecule has 0 amide bonds. The molecule has 0 saturated heterocycles. The molecule has 0 aliphatic heterocycles. The van der Waals surface area contributed by atoms with Crippen molar-refractivity contribution in [2.24, 2.45) is 0 Å². The molecule has 0 aliphatic carbocycles. The van der Waals surface area contributed by atoms with Gasteiger partial charge in [0.2, 0.25) is 0 Å². The van der Waals surface area contributed by atoms with Crippen molar-refractivity contribution in [2.75, 3.05) is 13.2 Å². The van der Waals surface area contributed by atoms with Crippen molar-refractivity contribution < 1.29 is 19.4 Å². The maximum Gasteiger partial charge on any atom is 0.328 e. The van der Waals surface area contributed by atoms with Crippen LogP contribution in [0.5, 0.6) is 11.5 Å². The van der Waals surface area contributed by atoms with Crippen LogP contribution in [-0.4, -0.2) is 24.3 Å². The molecule has 0 aromatic heterocycles. The summed E-state index contributed by atoms with van der Waals surface area (Å²) < 4.78 is 11.3. The van der Waals surface area contributed by atoms with Gasteiger partial charge >= 0.3 is 5.97 Å². The largest absolute Gasteiger partial charge is 0.490 e. The fourth-order valence-corrected chi connectivity index (χ4v) is 2.18. The topological polar surface area (TPSA) is 55.8 Å². The summed E-state index contributed by atoms with van der Waals surface area (Å²) in [7, 11) is 0. The van der Waals surface area contributed by atoms with Crippen LogP contribution in [0.4, 0.5) is 0 Å². The smallest absolute Gasteiger partial charge is 0.328 e. The van der Waals surface area contributed by atoms with E-state index in [0.717, 1.165) is 23.1 Å². The Balaban J connectivity index is 1.79. The molecule has 2 aromatic carbocycles. The number of hydrogen-bond acceptors (Lipinski definition) is 3. The first-order valence-corrected chi connectivity index (χ1v) is 7.38. The number of carboxylic acids is 1. The maximum absolute atomic E-state index is 10.4. The van der Waals surface area contributed by atoms with Crippen molar-refractivity contribution in [3.05, 3.63) is 65.2 Å². The van der Waals surface area contributed by atoms with E-state index < -0.39 is 5.97 Å². The number of carboxylic acid groups (broad SMARTS) is 1. The molecule has 0 fully saturated rings. The zero-order valence-electron chi connectivity index (χ0n) is 13.3. The van der Waals surface area contributed by atoms with Gasteiger partial charge in [0.15, 0.2) is 0 Å². The van der Waals surface area contributed by atoms with Crippen LogP contribution in [0.15, 0.2) is 48.5 Å². The van der Waals surface area contributed by atoms with Crippen LogP contribution in [-0.2, 0) is 4.79 Å². The monoisotopic (exact) mass is 312 g/mol. The Morgan fingerprint density at radius 3 is 2.09 bits per heavy atom. The van der Waals surface area contributed by atoms with Gasteiger partial charge in [-0.05, 0) is 60.9 Å². The lowest BCUT2D eigenvalue weighted by molar-refractivity contribution is -0.131. The van der Waals surface area contributed by atoms with Crippen molar-refractivity contribution in [2.45, 2.75) is 13.8 Å². The van der Waals surface area contributed by atoms with E-state index in [0.29, 0.717) is 13.2 Å².